The highest BCUT2D eigenvalue weighted by molar-refractivity contribution is 9.10. The third kappa shape index (κ3) is 5.03. The Bertz CT molecular complexity index is 1040. The van der Waals surface area contributed by atoms with E-state index in [1.54, 1.807) is 42.3 Å². The molecule has 3 aromatic rings. The second-order valence-corrected chi connectivity index (χ2v) is 9.37. The molecule has 0 saturated heterocycles. The first-order valence-corrected chi connectivity index (χ1v) is 11.2. The molecular weight excluding hydrogens is 497 g/mol. The minimum Gasteiger partial charge on any atom is -0.494 e. The normalized spacial score (nSPS) is 11.3. The van der Waals surface area contributed by atoms with Crippen molar-refractivity contribution in [3.05, 3.63) is 50.4 Å². The summed E-state index contributed by atoms with van der Waals surface area (Å²) in [6.45, 7) is 1.34. The van der Waals surface area contributed by atoms with Crippen LogP contribution in [0.4, 0.5) is 5.13 Å². The van der Waals surface area contributed by atoms with Gasteiger partial charge < -0.3 is 9.64 Å². The maximum atomic E-state index is 13.4. The fraction of sp³-hybridized carbons (Fsp3) is 0.300. The molecule has 0 atom stereocenters. The summed E-state index contributed by atoms with van der Waals surface area (Å²) in [5, 5.41) is 1.53. The Hall–Kier alpha value is -1.38. The van der Waals surface area contributed by atoms with Crippen molar-refractivity contribution < 1.29 is 9.53 Å². The van der Waals surface area contributed by atoms with Crippen molar-refractivity contribution >= 4 is 71.7 Å². The first-order chi connectivity index (χ1) is 13.8. The van der Waals surface area contributed by atoms with Gasteiger partial charge in [0.15, 0.2) is 5.13 Å². The predicted octanol–water partition coefficient (Wildman–Crippen LogP) is 5.97. The van der Waals surface area contributed by atoms with Crippen LogP contribution in [0.3, 0.4) is 0 Å². The van der Waals surface area contributed by atoms with Crippen molar-refractivity contribution in [2.24, 2.45) is 0 Å². The molecule has 9 heteroatoms. The van der Waals surface area contributed by atoms with Crippen LogP contribution in [0.15, 0.2) is 34.8 Å². The standard InChI is InChI=1S/C20H20BrCl2N3O2S/c1-25(2)9-4-10-26(19(27)13-11-12(21)5-6-14(13)22)20-24-17-16(28-3)8-7-15(23)18(17)29-20/h5-8,11H,4,9-10H2,1-3H3. The summed E-state index contributed by atoms with van der Waals surface area (Å²) >= 11 is 17.5. The largest absolute Gasteiger partial charge is 0.494 e. The first kappa shape index (κ1) is 22.3. The van der Waals surface area contributed by atoms with Gasteiger partial charge in [-0.1, -0.05) is 50.5 Å². The van der Waals surface area contributed by atoms with E-state index in [0.717, 1.165) is 22.1 Å². The number of anilines is 1. The molecule has 0 unspecified atom stereocenters. The Morgan fingerprint density at radius 1 is 1.17 bits per heavy atom. The van der Waals surface area contributed by atoms with Crippen molar-refractivity contribution in [3.63, 3.8) is 0 Å². The van der Waals surface area contributed by atoms with Crippen LogP contribution >= 0.6 is 50.5 Å². The molecule has 1 heterocycles. The number of carbonyl (C=O) groups excluding carboxylic acids is 1. The molecule has 0 aliphatic heterocycles. The van der Waals surface area contributed by atoms with Gasteiger partial charge in [0.1, 0.15) is 11.3 Å². The first-order valence-electron chi connectivity index (χ1n) is 8.86. The second kappa shape index (κ2) is 9.62. The number of rotatable bonds is 7. The lowest BCUT2D eigenvalue weighted by Gasteiger charge is -2.21. The van der Waals surface area contributed by atoms with E-state index in [2.05, 4.69) is 25.8 Å². The number of hydrogen-bond acceptors (Lipinski definition) is 5. The van der Waals surface area contributed by atoms with Crippen molar-refractivity contribution in [1.29, 1.82) is 0 Å². The van der Waals surface area contributed by atoms with Crippen LogP contribution in [0.2, 0.25) is 10.0 Å². The molecule has 0 saturated carbocycles. The lowest BCUT2D eigenvalue weighted by atomic mass is 10.2. The second-order valence-electron chi connectivity index (χ2n) is 6.66. The zero-order valence-electron chi connectivity index (χ0n) is 16.2. The highest BCUT2D eigenvalue weighted by Gasteiger charge is 2.24. The van der Waals surface area contributed by atoms with Gasteiger partial charge in [-0.15, -0.1) is 0 Å². The Labute approximate surface area is 192 Å². The monoisotopic (exact) mass is 515 g/mol. The quantitative estimate of drug-likeness (QED) is 0.388. The molecule has 29 heavy (non-hydrogen) atoms. The van der Waals surface area contributed by atoms with Gasteiger partial charge in [-0.2, -0.15) is 0 Å². The number of carbonyl (C=O) groups is 1. The van der Waals surface area contributed by atoms with Gasteiger partial charge >= 0.3 is 0 Å². The molecule has 5 nitrogen and oxygen atoms in total. The van der Waals surface area contributed by atoms with Crippen LogP contribution in [0.5, 0.6) is 5.75 Å². The zero-order valence-corrected chi connectivity index (χ0v) is 20.1. The summed E-state index contributed by atoms with van der Waals surface area (Å²) in [5.41, 5.74) is 1.06. The number of nitrogens with zero attached hydrogens (tertiary/aromatic N) is 3. The highest BCUT2D eigenvalue weighted by Crippen LogP contribution is 2.39. The molecule has 0 N–H and O–H groups in total. The van der Waals surface area contributed by atoms with Gasteiger partial charge in [-0.25, -0.2) is 4.98 Å². The summed E-state index contributed by atoms with van der Waals surface area (Å²) in [4.78, 5) is 21.8. The van der Waals surface area contributed by atoms with E-state index in [-0.39, 0.29) is 5.91 Å². The molecule has 1 amide bonds. The van der Waals surface area contributed by atoms with Gasteiger partial charge in [-0.05, 0) is 57.4 Å². The number of fused-ring (bicyclic) bond motifs is 1. The van der Waals surface area contributed by atoms with Crippen molar-refractivity contribution in [2.75, 3.05) is 39.2 Å². The molecule has 1 aromatic heterocycles. The highest BCUT2D eigenvalue weighted by atomic mass is 79.9. The average molecular weight is 517 g/mol. The molecule has 0 fully saturated rings. The zero-order chi connectivity index (χ0) is 21.1. The third-order valence-electron chi connectivity index (χ3n) is 4.29. The Balaban J connectivity index is 2.05. The number of methoxy groups -OCH3 is 1. The molecule has 154 valence electrons. The van der Waals surface area contributed by atoms with Gasteiger partial charge in [0.25, 0.3) is 5.91 Å². The summed E-state index contributed by atoms with van der Waals surface area (Å²) in [7, 11) is 5.59. The number of ether oxygens (including phenoxy) is 1. The van der Waals surface area contributed by atoms with Gasteiger partial charge in [-0.3, -0.25) is 9.69 Å². The number of thiazole rings is 1. The van der Waals surface area contributed by atoms with E-state index in [4.69, 9.17) is 27.9 Å². The Morgan fingerprint density at radius 2 is 1.90 bits per heavy atom. The molecule has 2 aromatic carbocycles. The third-order valence-corrected chi connectivity index (χ3v) is 6.65. The van der Waals surface area contributed by atoms with Crippen molar-refractivity contribution in [1.82, 2.24) is 9.88 Å². The number of amides is 1. The molecule has 0 bridgehead atoms. The van der Waals surface area contributed by atoms with E-state index in [9.17, 15) is 4.79 Å². The minimum absolute atomic E-state index is 0.204. The molecular formula is C20H20BrCl2N3O2S. The van der Waals surface area contributed by atoms with Crippen LogP contribution in [-0.2, 0) is 0 Å². The number of hydrogen-bond donors (Lipinski definition) is 0. The summed E-state index contributed by atoms with van der Waals surface area (Å²) < 4.78 is 6.98. The molecule has 0 aliphatic rings. The Kier molecular flexibility index (Phi) is 7.40. The lowest BCUT2D eigenvalue weighted by Crippen LogP contribution is -2.33. The maximum Gasteiger partial charge on any atom is 0.261 e. The van der Waals surface area contributed by atoms with Gasteiger partial charge in [0.2, 0.25) is 0 Å². The SMILES string of the molecule is COc1ccc(Cl)c2sc(N(CCCN(C)C)C(=O)c3cc(Br)ccc3Cl)nc12. The van der Waals surface area contributed by atoms with E-state index in [1.165, 1.54) is 11.3 Å². The molecule has 3 rings (SSSR count). The predicted molar refractivity (Wildman–Crippen MR) is 125 cm³/mol. The van der Waals surface area contributed by atoms with Crippen molar-refractivity contribution in [2.45, 2.75) is 6.42 Å². The van der Waals surface area contributed by atoms with Crippen LogP contribution in [0.1, 0.15) is 16.8 Å². The van der Waals surface area contributed by atoms with E-state index in [0.29, 0.717) is 38.6 Å². The fourth-order valence-electron chi connectivity index (χ4n) is 2.86. The number of aromatic nitrogens is 1. The smallest absolute Gasteiger partial charge is 0.261 e. The lowest BCUT2D eigenvalue weighted by molar-refractivity contribution is 0.0986. The summed E-state index contributed by atoms with van der Waals surface area (Å²) in [5.74, 6) is 0.414. The van der Waals surface area contributed by atoms with Gasteiger partial charge in [0.05, 0.1) is 27.4 Å². The molecule has 0 aliphatic carbocycles. The maximum absolute atomic E-state index is 13.4. The number of halogens is 3. The van der Waals surface area contributed by atoms with E-state index >= 15 is 0 Å². The van der Waals surface area contributed by atoms with E-state index in [1.807, 2.05) is 14.1 Å². The van der Waals surface area contributed by atoms with Crippen LogP contribution in [-0.4, -0.2) is 50.1 Å². The van der Waals surface area contributed by atoms with E-state index < -0.39 is 0 Å². The topological polar surface area (TPSA) is 45.7 Å². The van der Waals surface area contributed by atoms with Crippen LogP contribution in [0.25, 0.3) is 10.2 Å². The number of benzene rings is 2. The average Bonchev–Trinajstić information content (AvgIpc) is 3.13. The molecule has 0 radical (unpaired) electrons. The van der Waals surface area contributed by atoms with Crippen LogP contribution < -0.4 is 9.64 Å². The van der Waals surface area contributed by atoms with Gasteiger partial charge in [0, 0.05) is 11.0 Å². The van der Waals surface area contributed by atoms with Crippen LogP contribution in [0, 0.1) is 0 Å². The summed E-state index contributed by atoms with van der Waals surface area (Å²) in [6, 6.07) is 8.78. The fourth-order valence-corrected chi connectivity index (χ4v) is 4.70. The summed E-state index contributed by atoms with van der Waals surface area (Å²) in [6.07, 6.45) is 0.783. The molecule has 0 spiro atoms. The van der Waals surface area contributed by atoms with Crippen molar-refractivity contribution in [3.8, 4) is 5.75 Å². The minimum atomic E-state index is -0.204. The Morgan fingerprint density at radius 3 is 2.59 bits per heavy atom.